The van der Waals surface area contributed by atoms with Crippen LogP contribution in [0.25, 0.3) is 0 Å². The quantitative estimate of drug-likeness (QED) is 0.866. The fourth-order valence-corrected chi connectivity index (χ4v) is 2.72. The standard InChI is InChI=1S/C17H22N6O2/c1-3-19-17(24)13-4-5-14(20-10-13)22-6-8-23(9-7-22)15-11-18-12-16(21-15)25-2/h4-5,10-12H,3,6-9H2,1-2H3,(H,19,24). The van der Waals surface area contributed by atoms with E-state index in [1.165, 1.54) is 0 Å². The first kappa shape index (κ1) is 16.9. The number of piperazine rings is 1. The van der Waals surface area contributed by atoms with E-state index in [4.69, 9.17) is 4.74 Å². The van der Waals surface area contributed by atoms with E-state index in [1.807, 2.05) is 19.1 Å². The third-order valence-electron chi connectivity index (χ3n) is 4.08. The molecule has 3 rings (SSSR count). The van der Waals surface area contributed by atoms with Crippen molar-refractivity contribution in [1.29, 1.82) is 0 Å². The van der Waals surface area contributed by atoms with E-state index in [0.29, 0.717) is 18.0 Å². The molecule has 2 aromatic rings. The Morgan fingerprint density at radius 2 is 1.84 bits per heavy atom. The van der Waals surface area contributed by atoms with Crippen LogP contribution in [0.3, 0.4) is 0 Å². The molecule has 1 fully saturated rings. The van der Waals surface area contributed by atoms with Crippen molar-refractivity contribution >= 4 is 17.5 Å². The van der Waals surface area contributed by atoms with Crippen LogP contribution in [0.5, 0.6) is 5.88 Å². The van der Waals surface area contributed by atoms with Gasteiger partial charge in [-0.3, -0.25) is 9.78 Å². The van der Waals surface area contributed by atoms with Crippen LogP contribution in [0.2, 0.25) is 0 Å². The summed E-state index contributed by atoms with van der Waals surface area (Å²) in [5.41, 5.74) is 0.580. The minimum absolute atomic E-state index is 0.0945. The SMILES string of the molecule is CCNC(=O)c1ccc(N2CCN(c3cncc(OC)n3)CC2)nc1. The van der Waals surface area contributed by atoms with Gasteiger partial charge in [0.05, 0.1) is 25.1 Å². The first-order valence-electron chi connectivity index (χ1n) is 8.31. The summed E-state index contributed by atoms with van der Waals surface area (Å²) in [5.74, 6) is 2.12. The van der Waals surface area contributed by atoms with Crippen LogP contribution in [-0.2, 0) is 0 Å². The van der Waals surface area contributed by atoms with Gasteiger partial charge in [-0.15, -0.1) is 0 Å². The molecule has 1 aliphatic heterocycles. The molecule has 0 atom stereocenters. The summed E-state index contributed by atoms with van der Waals surface area (Å²) in [5, 5.41) is 2.77. The number of hydrogen-bond acceptors (Lipinski definition) is 7. The molecular weight excluding hydrogens is 320 g/mol. The van der Waals surface area contributed by atoms with Gasteiger partial charge in [0.25, 0.3) is 5.91 Å². The molecule has 1 amide bonds. The Balaban J connectivity index is 1.61. The first-order chi connectivity index (χ1) is 12.2. The highest BCUT2D eigenvalue weighted by atomic mass is 16.5. The third-order valence-corrected chi connectivity index (χ3v) is 4.08. The molecule has 2 aromatic heterocycles. The van der Waals surface area contributed by atoms with Gasteiger partial charge in [0.15, 0.2) is 5.82 Å². The number of rotatable bonds is 5. The molecule has 0 aromatic carbocycles. The molecule has 8 heteroatoms. The highest BCUT2D eigenvalue weighted by Gasteiger charge is 2.20. The van der Waals surface area contributed by atoms with E-state index in [9.17, 15) is 4.79 Å². The average Bonchev–Trinajstić information content (AvgIpc) is 2.68. The fraction of sp³-hybridized carbons (Fsp3) is 0.412. The summed E-state index contributed by atoms with van der Waals surface area (Å²) in [4.78, 5) is 29.2. The molecule has 1 aliphatic rings. The number of ether oxygens (including phenoxy) is 1. The van der Waals surface area contributed by atoms with Gasteiger partial charge < -0.3 is 19.9 Å². The van der Waals surface area contributed by atoms with Gasteiger partial charge in [-0.05, 0) is 19.1 Å². The summed E-state index contributed by atoms with van der Waals surface area (Å²) in [6, 6.07) is 3.71. The number of amides is 1. The largest absolute Gasteiger partial charge is 0.480 e. The Kier molecular flexibility index (Phi) is 5.27. The van der Waals surface area contributed by atoms with E-state index in [-0.39, 0.29) is 5.91 Å². The lowest BCUT2D eigenvalue weighted by atomic mass is 10.2. The number of carbonyl (C=O) groups excluding carboxylic acids is 1. The van der Waals surface area contributed by atoms with Gasteiger partial charge in [0.1, 0.15) is 5.82 Å². The zero-order chi connectivity index (χ0) is 17.6. The number of nitrogens with one attached hydrogen (secondary N) is 1. The Morgan fingerprint density at radius 1 is 1.12 bits per heavy atom. The molecule has 1 saturated heterocycles. The molecule has 0 saturated carbocycles. The Morgan fingerprint density at radius 3 is 2.44 bits per heavy atom. The number of hydrogen-bond donors (Lipinski definition) is 1. The van der Waals surface area contributed by atoms with Crippen molar-refractivity contribution in [3.05, 3.63) is 36.3 Å². The first-order valence-corrected chi connectivity index (χ1v) is 8.31. The van der Waals surface area contributed by atoms with Gasteiger partial charge >= 0.3 is 0 Å². The normalized spacial score (nSPS) is 14.3. The van der Waals surface area contributed by atoms with Crippen LogP contribution in [0.1, 0.15) is 17.3 Å². The summed E-state index contributed by atoms with van der Waals surface area (Å²) >= 11 is 0. The van der Waals surface area contributed by atoms with Crippen molar-refractivity contribution in [3.8, 4) is 5.88 Å². The summed E-state index contributed by atoms with van der Waals surface area (Å²) in [6.45, 7) is 5.80. The van der Waals surface area contributed by atoms with E-state index in [0.717, 1.165) is 37.8 Å². The van der Waals surface area contributed by atoms with Crippen molar-refractivity contribution in [2.75, 3.05) is 49.6 Å². The second-order valence-electron chi connectivity index (χ2n) is 5.66. The number of anilines is 2. The number of pyridine rings is 1. The summed E-state index contributed by atoms with van der Waals surface area (Å²) in [6.07, 6.45) is 4.97. The molecule has 0 spiro atoms. The third kappa shape index (κ3) is 3.96. The van der Waals surface area contributed by atoms with Gasteiger partial charge in [-0.2, -0.15) is 4.98 Å². The summed E-state index contributed by atoms with van der Waals surface area (Å²) < 4.78 is 5.13. The van der Waals surface area contributed by atoms with Gasteiger partial charge in [-0.1, -0.05) is 0 Å². The van der Waals surface area contributed by atoms with E-state index in [2.05, 4.69) is 30.1 Å². The lowest BCUT2D eigenvalue weighted by molar-refractivity contribution is 0.0955. The van der Waals surface area contributed by atoms with Gasteiger partial charge in [0, 0.05) is 38.9 Å². The second-order valence-corrected chi connectivity index (χ2v) is 5.66. The van der Waals surface area contributed by atoms with Crippen LogP contribution in [-0.4, -0.2) is 60.7 Å². The Hall–Kier alpha value is -2.90. The minimum atomic E-state index is -0.0945. The van der Waals surface area contributed by atoms with Crippen LogP contribution in [0.4, 0.5) is 11.6 Å². The Labute approximate surface area is 146 Å². The van der Waals surface area contributed by atoms with E-state index < -0.39 is 0 Å². The van der Waals surface area contributed by atoms with E-state index >= 15 is 0 Å². The highest BCUT2D eigenvalue weighted by Crippen LogP contribution is 2.19. The van der Waals surface area contributed by atoms with E-state index in [1.54, 1.807) is 25.7 Å². The van der Waals surface area contributed by atoms with Gasteiger partial charge in [0.2, 0.25) is 5.88 Å². The average molecular weight is 342 g/mol. The van der Waals surface area contributed by atoms with Crippen LogP contribution in [0.15, 0.2) is 30.7 Å². The van der Waals surface area contributed by atoms with Crippen LogP contribution in [0, 0.1) is 0 Å². The molecule has 0 radical (unpaired) electrons. The smallest absolute Gasteiger partial charge is 0.252 e. The summed E-state index contributed by atoms with van der Waals surface area (Å²) in [7, 11) is 1.59. The maximum Gasteiger partial charge on any atom is 0.252 e. The van der Waals surface area contributed by atoms with Crippen molar-refractivity contribution in [1.82, 2.24) is 20.3 Å². The second kappa shape index (κ2) is 7.78. The Bertz CT molecular complexity index is 713. The van der Waals surface area contributed by atoms with Gasteiger partial charge in [-0.25, -0.2) is 4.98 Å². The predicted octanol–water partition coefficient (Wildman–Crippen LogP) is 0.956. The zero-order valence-corrected chi connectivity index (χ0v) is 14.5. The molecule has 8 nitrogen and oxygen atoms in total. The molecule has 0 bridgehead atoms. The number of aromatic nitrogens is 3. The number of nitrogens with zero attached hydrogens (tertiary/aromatic N) is 5. The van der Waals surface area contributed by atoms with Crippen LogP contribution >= 0.6 is 0 Å². The topological polar surface area (TPSA) is 83.5 Å². The van der Waals surface area contributed by atoms with Crippen LogP contribution < -0.4 is 19.9 Å². The molecule has 0 aliphatic carbocycles. The van der Waals surface area contributed by atoms with Crippen molar-refractivity contribution in [3.63, 3.8) is 0 Å². The maximum absolute atomic E-state index is 11.8. The highest BCUT2D eigenvalue weighted by molar-refractivity contribution is 5.94. The minimum Gasteiger partial charge on any atom is -0.480 e. The maximum atomic E-state index is 11.8. The molecule has 3 heterocycles. The molecule has 25 heavy (non-hydrogen) atoms. The number of methoxy groups -OCH3 is 1. The zero-order valence-electron chi connectivity index (χ0n) is 14.5. The molecular formula is C17H22N6O2. The lowest BCUT2D eigenvalue weighted by Gasteiger charge is -2.35. The molecule has 132 valence electrons. The fourth-order valence-electron chi connectivity index (χ4n) is 2.72. The monoisotopic (exact) mass is 342 g/mol. The number of carbonyl (C=O) groups is 1. The predicted molar refractivity (Wildman–Crippen MR) is 95.3 cm³/mol. The lowest BCUT2D eigenvalue weighted by Crippen LogP contribution is -2.47. The van der Waals surface area contributed by atoms with Crippen molar-refractivity contribution < 1.29 is 9.53 Å². The van der Waals surface area contributed by atoms with Crippen molar-refractivity contribution in [2.24, 2.45) is 0 Å². The molecule has 1 N–H and O–H groups in total. The van der Waals surface area contributed by atoms with Crippen molar-refractivity contribution in [2.45, 2.75) is 6.92 Å². The molecule has 0 unspecified atom stereocenters.